The van der Waals surface area contributed by atoms with Gasteiger partial charge in [-0.2, -0.15) is 0 Å². The van der Waals surface area contributed by atoms with Gasteiger partial charge >= 0.3 is 0 Å². The average molecular weight is 278 g/mol. The van der Waals surface area contributed by atoms with Crippen LogP contribution in [0.5, 0.6) is 5.75 Å². The number of carbonyl (C=O) groups excluding carboxylic acids is 1. The average Bonchev–Trinajstić information content (AvgIpc) is 2.41. The van der Waals surface area contributed by atoms with E-state index in [0.717, 1.165) is 18.2 Å². The molecule has 20 heavy (non-hydrogen) atoms. The standard InChI is InChI=1S/C14H12F2N2O2/c1-20-12-4-2-3-9(16)13(12)14(19)18-11-6-5-8(15)7-10(11)17/h2-7H,17H2,1H3,(H,18,19). The molecule has 0 fully saturated rings. The SMILES string of the molecule is COc1cccc(F)c1C(=O)Nc1ccc(F)cc1N. The van der Waals surface area contributed by atoms with Gasteiger partial charge in [-0.15, -0.1) is 0 Å². The summed E-state index contributed by atoms with van der Waals surface area (Å²) in [5.41, 5.74) is 5.59. The van der Waals surface area contributed by atoms with E-state index in [9.17, 15) is 13.6 Å². The Bertz CT molecular complexity index is 660. The fourth-order valence-corrected chi connectivity index (χ4v) is 1.73. The van der Waals surface area contributed by atoms with E-state index in [1.807, 2.05) is 0 Å². The molecule has 2 rings (SSSR count). The van der Waals surface area contributed by atoms with E-state index in [2.05, 4.69) is 5.32 Å². The second kappa shape index (κ2) is 5.56. The molecule has 2 aromatic carbocycles. The van der Waals surface area contributed by atoms with Crippen LogP contribution in [0.2, 0.25) is 0 Å². The fourth-order valence-electron chi connectivity index (χ4n) is 1.73. The molecule has 0 bridgehead atoms. The molecular formula is C14H12F2N2O2. The van der Waals surface area contributed by atoms with E-state index >= 15 is 0 Å². The summed E-state index contributed by atoms with van der Waals surface area (Å²) < 4.78 is 31.6. The number of benzene rings is 2. The van der Waals surface area contributed by atoms with Crippen LogP contribution in [0, 0.1) is 11.6 Å². The maximum atomic E-state index is 13.7. The van der Waals surface area contributed by atoms with Crippen LogP contribution in [0.4, 0.5) is 20.2 Å². The maximum Gasteiger partial charge on any atom is 0.262 e. The maximum absolute atomic E-state index is 13.7. The van der Waals surface area contributed by atoms with Crippen LogP contribution in [0.25, 0.3) is 0 Å². The second-order valence-corrected chi connectivity index (χ2v) is 4.00. The number of hydrogen-bond donors (Lipinski definition) is 2. The van der Waals surface area contributed by atoms with Crippen LogP contribution in [-0.4, -0.2) is 13.0 Å². The lowest BCUT2D eigenvalue weighted by Gasteiger charge is -2.11. The zero-order chi connectivity index (χ0) is 14.7. The Labute approximate surface area is 114 Å². The predicted octanol–water partition coefficient (Wildman–Crippen LogP) is 2.81. The molecular weight excluding hydrogens is 266 g/mol. The van der Waals surface area contributed by atoms with Gasteiger partial charge in [-0.1, -0.05) is 6.07 Å². The van der Waals surface area contributed by atoms with Crippen molar-refractivity contribution in [3.05, 3.63) is 53.6 Å². The van der Waals surface area contributed by atoms with Crippen molar-refractivity contribution in [1.29, 1.82) is 0 Å². The quantitative estimate of drug-likeness (QED) is 0.848. The molecule has 0 saturated heterocycles. The number of nitrogens with one attached hydrogen (secondary N) is 1. The number of amides is 1. The Hall–Kier alpha value is -2.63. The first-order valence-electron chi connectivity index (χ1n) is 5.72. The van der Waals surface area contributed by atoms with Crippen LogP contribution in [0.3, 0.4) is 0 Å². The Morgan fingerprint density at radius 2 is 2.00 bits per heavy atom. The zero-order valence-corrected chi connectivity index (χ0v) is 10.6. The van der Waals surface area contributed by atoms with Crippen molar-refractivity contribution in [2.24, 2.45) is 0 Å². The van der Waals surface area contributed by atoms with Crippen LogP contribution in [-0.2, 0) is 0 Å². The van der Waals surface area contributed by atoms with Gasteiger partial charge in [0.2, 0.25) is 0 Å². The molecule has 0 radical (unpaired) electrons. The first-order valence-corrected chi connectivity index (χ1v) is 5.72. The van der Waals surface area contributed by atoms with Gasteiger partial charge in [-0.3, -0.25) is 4.79 Å². The van der Waals surface area contributed by atoms with Crippen LogP contribution < -0.4 is 15.8 Å². The molecule has 0 atom stereocenters. The molecule has 104 valence electrons. The largest absolute Gasteiger partial charge is 0.496 e. The van der Waals surface area contributed by atoms with Gasteiger partial charge in [0.15, 0.2) is 0 Å². The minimum Gasteiger partial charge on any atom is -0.496 e. The van der Waals surface area contributed by atoms with Crippen molar-refractivity contribution >= 4 is 17.3 Å². The molecule has 2 aromatic rings. The summed E-state index contributed by atoms with van der Waals surface area (Å²) >= 11 is 0. The van der Waals surface area contributed by atoms with E-state index in [4.69, 9.17) is 10.5 Å². The van der Waals surface area contributed by atoms with Gasteiger partial charge in [-0.25, -0.2) is 8.78 Å². The predicted molar refractivity (Wildman–Crippen MR) is 71.7 cm³/mol. The third kappa shape index (κ3) is 2.69. The number of carbonyl (C=O) groups is 1. The lowest BCUT2D eigenvalue weighted by Crippen LogP contribution is -2.16. The Kier molecular flexibility index (Phi) is 3.84. The summed E-state index contributed by atoms with van der Waals surface area (Å²) in [6.07, 6.45) is 0. The van der Waals surface area contributed by atoms with Crippen LogP contribution in [0.15, 0.2) is 36.4 Å². The number of rotatable bonds is 3. The molecule has 0 heterocycles. The normalized spacial score (nSPS) is 10.2. The number of nitrogen functional groups attached to an aromatic ring is 1. The summed E-state index contributed by atoms with van der Waals surface area (Å²) in [4.78, 5) is 12.1. The smallest absolute Gasteiger partial charge is 0.262 e. The van der Waals surface area contributed by atoms with Crippen LogP contribution >= 0.6 is 0 Å². The first kappa shape index (κ1) is 13.8. The highest BCUT2D eigenvalue weighted by Gasteiger charge is 2.18. The molecule has 1 amide bonds. The van der Waals surface area contributed by atoms with Crippen molar-refractivity contribution < 1.29 is 18.3 Å². The first-order chi connectivity index (χ1) is 9.52. The van der Waals surface area contributed by atoms with Gasteiger partial charge in [0.25, 0.3) is 5.91 Å². The topological polar surface area (TPSA) is 64.3 Å². The lowest BCUT2D eigenvalue weighted by molar-refractivity contribution is 0.102. The number of nitrogens with two attached hydrogens (primary N) is 1. The molecule has 0 aliphatic carbocycles. The molecule has 0 aliphatic rings. The molecule has 4 nitrogen and oxygen atoms in total. The third-order valence-corrected chi connectivity index (χ3v) is 2.68. The van der Waals surface area contributed by atoms with Gasteiger partial charge in [0.05, 0.1) is 18.5 Å². The summed E-state index contributed by atoms with van der Waals surface area (Å²) in [6, 6.07) is 7.54. The molecule has 0 spiro atoms. The minimum absolute atomic E-state index is 0.0497. The summed E-state index contributed by atoms with van der Waals surface area (Å²) in [5.74, 6) is -1.87. The fraction of sp³-hybridized carbons (Fsp3) is 0.0714. The molecule has 0 aromatic heterocycles. The van der Waals surface area contributed by atoms with Crippen molar-refractivity contribution in [3.63, 3.8) is 0 Å². The third-order valence-electron chi connectivity index (χ3n) is 2.68. The summed E-state index contributed by atoms with van der Waals surface area (Å²) in [5, 5.41) is 2.42. The second-order valence-electron chi connectivity index (χ2n) is 4.00. The number of ether oxygens (including phenoxy) is 1. The summed E-state index contributed by atoms with van der Waals surface area (Å²) in [7, 11) is 1.33. The van der Waals surface area contributed by atoms with E-state index in [-0.39, 0.29) is 22.7 Å². The summed E-state index contributed by atoms with van der Waals surface area (Å²) in [6.45, 7) is 0. The monoisotopic (exact) mass is 278 g/mol. The highest BCUT2D eigenvalue weighted by atomic mass is 19.1. The molecule has 0 saturated carbocycles. The molecule has 0 aliphatic heterocycles. The van der Waals surface area contributed by atoms with E-state index in [0.29, 0.717) is 0 Å². The van der Waals surface area contributed by atoms with Gasteiger partial charge in [0.1, 0.15) is 22.9 Å². The van der Waals surface area contributed by atoms with E-state index < -0.39 is 17.5 Å². The number of halogens is 2. The lowest BCUT2D eigenvalue weighted by atomic mass is 10.1. The Morgan fingerprint density at radius 1 is 1.25 bits per heavy atom. The zero-order valence-electron chi connectivity index (χ0n) is 10.6. The minimum atomic E-state index is -0.724. The number of hydrogen-bond acceptors (Lipinski definition) is 3. The van der Waals surface area contributed by atoms with E-state index in [1.165, 1.54) is 25.3 Å². The highest BCUT2D eigenvalue weighted by Crippen LogP contribution is 2.24. The molecule has 6 heteroatoms. The highest BCUT2D eigenvalue weighted by molar-refractivity contribution is 6.07. The van der Waals surface area contributed by atoms with Crippen molar-refractivity contribution in [3.8, 4) is 5.75 Å². The van der Waals surface area contributed by atoms with Crippen molar-refractivity contribution in [1.82, 2.24) is 0 Å². The van der Waals surface area contributed by atoms with Gasteiger partial charge in [-0.05, 0) is 30.3 Å². The van der Waals surface area contributed by atoms with Crippen molar-refractivity contribution in [2.75, 3.05) is 18.2 Å². The van der Waals surface area contributed by atoms with Gasteiger partial charge < -0.3 is 15.8 Å². The molecule has 3 N–H and O–H groups in total. The number of anilines is 2. The van der Waals surface area contributed by atoms with Crippen LogP contribution in [0.1, 0.15) is 10.4 Å². The Balaban J connectivity index is 2.33. The van der Waals surface area contributed by atoms with Crippen molar-refractivity contribution in [2.45, 2.75) is 0 Å². The van der Waals surface area contributed by atoms with Gasteiger partial charge in [0, 0.05) is 0 Å². The van der Waals surface area contributed by atoms with E-state index in [1.54, 1.807) is 0 Å². The Morgan fingerprint density at radius 3 is 2.65 bits per heavy atom. The number of methoxy groups -OCH3 is 1. The molecule has 0 unspecified atom stereocenters.